The summed E-state index contributed by atoms with van der Waals surface area (Å²) in [6.45, 7) is 0.404. The summed E-state index contributed by atoms with van der Waals surface area (Å²) in [5.41, 5.74) is 1.23. The van der Waals surface area contributed by atoms with Crippen LogP contribution in [0.5, 0.6) is 11.6 Å². The van der Waals surface area contributed by atoms with Gasteiger partial charge in [0.2, 0.25) is 5.88 Å². The number of amides is 1. The average Bonchev–Trinajstić information content (AvgIpc) is 3.02. The number of carbonyl (C=O) groups is 1. The van der Waals surface area contributed by atoms with E-state index in [0.29, 0.717) is 22.3 Å². The third-order valence-corrected chi connectivity index (χ3v) is 4.25. The Morgan fingerprint density at radius 3 is 2.88 bits per heavy atom. The molecule has 0 bridgehead atoms. The molecular formula is C18H16BrFN4O2. The van der Waals surface area contributed by atoms with Gasteiger partial charge in [0.15, 0.2) is 0 Å². The molecule has 26 heavy (non-hydrogen) atoms. The summed E-state index contributed by atoms with van der Waals surface area (Å²) in [5.74, 6) is -0.107. The van der Waals surface area contributed by atoms with Gasteiger partial charge in [0.1, 0.15) is 17.1 Å². The Morgan fingerprint density at radius 2 is 2.19 bits per heavy atom. The second-order valence-electron chi connectivity index (χ2n) is 5.72. The second-order valence-corrected chi connectivity index (χ2v) is 6.57. The quantitative estimate of drug-likeness (QED) is 0.632. The lowest BCUT2D eigenvalue weighted by Crippen LogP contribution is -2.26. The van der Waals surface area contributed by atoms with Gasteiger partial charge in [0, 0.05) is 38.6 Å². The van der Waals surface area contributed by atoms with Crippen LogP contribution in [0.15, 0.2) is 53.4 Å². The monoisotopic (exact) mass is 418 g/mol. The molecule has 8 heteroatoms. The largest absolute Gasteiger partial charge is 0.437 e. The number of carbonyl (C=O) groups excluding carboxylic acids is 1. The number of pyridine rings is 1. The Hall–Kier alpha value is -2.74. The maximum atomic E-state index is 13.2. The molecular weight excluding hydrogens is 403 g/mol. The third-order valence-electron chi connectivity index (χ3n) is 3.63. The van der Waals surface area contributed by atoms with Gasteiger partial charge in [0.25, 0.3) is 5.91 Å². The van der Waals surface area contributed by atoms with Gasteiger partial charge in [-0.2, -0.15) is 5.10 Å². The van der Waals surface area contributed by atoms with Gasteiger partial charge < -0.3 is 9.64 Å². The molecule has 0 saturated carbocycles. The number of ether oxygens (including phenoxy) is 1. The van der Waals surface area contributed by atoms with Crippen molar-refractivity contribution in [2.75, 3.05) is 7.05 Å². The molecule has 3 aromatic rings. The topological polar surface area (TPSA) is 60.2 Å². The van der Waals surface area contributed by atoms with Gasteiger partial charge in [-0.15, -0.1) is 0 Å². The van der Waals surface area contributed by atoms with Gasteiger partial charge in [-0.1, -0.05) is 0 Å². The first-order valence-corrected chi connectivity index (χ1v) is 8.54. The summed E-state index contributed by atoms with van der Waals surface area (Å²) in [6, 6.07) is 7.34. The predicted molar refractivity (Wildman–Crippen MR) is 97.4 cm³/mol. The van der Waals surface area contributed by atoms with E-state index in [4.69, 9.17) is 4.74 Å². The summed E-state index contributed by atoms with van der Waals surface area (Å²) in [4.78, 5) is 18.5. The maximum absolute atomic E-state index is 13.2. The van der Waals surface area contributed by atoms with E-state index in [2.05, 4.69) is 26.0 Å². The highest BCUT2D eigenvalue weighted by Gasteiger charge is 2.19. The number of benzene rings is 1. The Kier molecular flexibility index (Phi) is 5.32. The molecule has 0 atom stereocenters. The molecule has 134 valence electrons. The van der Waals surface area contributed by atoms with Crippen LogP contribution in [-0.2, 0) is 13.6 Å². The fourth-order valence-electron chi connectivity index (χ4n) is 2.40. The highest BCUT2D eigenvalue weighted by molar-refractivity contribution is 9.10. The Bertz CT molecular complexity index is 944. The maximum Gasteiger partial charge on any atom is 0.259 e. The van der Waals surface area contributed by atoms with Gasteiger partial charge in [0.05, 0.1) is 10.7 Å². The van der Waals surface area contributed by atoms with Crippen LogP contribution in [0.2, 0.25) is 0 Å². The number of aromatic nitrogens is 3. The minimum Gasteiger partial charge on any atom is -0.437 e. The minimum absolute atomic E-state index is 0.155. The first-order chi connectivity index (χ1) is 12.4. The third kappa shape index (κ3) is 4.08. The van der Waals surface area contributed by atoms with Crippen LogP contribution in [0, 0.1) is 5.82 Å². The molecule has 0 N–H and O–H groups in total. The fraction of sp³-hybridized carbons (Fsp3) is 0.167. The molecule has 0 aliphatic rings. The van der Waals surface area contributed by atoms with E-state index >= 15 is 0 Å². The average molecular weight is 419 g/mol. The SMILES string of the molecule is CN(Cc1cnn(C)c1)C(=O)c1cccnc1Oc1ccc(F)cc1Br. The van der Waals surface area contributed by atoms with Gasteiger partial charge >= 0.3 is 0 Å². The van der Waals surface area contributed by atoms with Gasteiger partial charge in [-0.25, -0.2) is 9.37 Å². The van der Waals surface area contributed by atoms with Crippen molar-refractivity contribution in [1.29, 1.82) is 0 Å². The smallest absolute Gasteiger partial charge is 0.259 e. The zero-order valence-electron chi connectivity index (χ0n) is 14.2. The Balaban J connectivity index is 1.82. The molecule has 0 unspecified atom stereocenters. The lowest BCUT2D eigenvalue weighted by atomic mass is 10.2. The molecule has 0 spiro atoms. The van der Waals surface area contributed by atoms with Crippen LogP contribution < -0.4 is 4.74 Å². The van der Waals surface area contributed by atoms with Crippen molar-refractivity contribution in [3.8, 4) is 11.6 Å². The molecule has 0 aliphatic heterocycles. The number of nitrogens with zero attached hydrogens (tertiary/aromatic N) is 4. The van der Waals surface area contributed by atoms with Crippen molar-refractivity contribution >= 4 is 21.8 Å². The highest BCUT2D eigenvalue weighted by Crippen LogP contribution is 2.31. The van der Waals surface area contributed by atoms with Gasteiger partial charge in [-0.05, 0) is 46.3 Å². The first kappa shape index (κ1) is 18.1. The molecule has 0 radical (unpaired) electrons. The first-order valence-electron chi connectivity index (χ1n) is 7.75. The standard InChI is InChI=1S/C18H16BrFN4O2/c1-23(10-12-9-22-24(2)11-12)18(25)14-4-3-7-21-17(14)26-16-6-5-13(20)8-15(16)19/h3-9,11H,10H2,1-2H3. The molecule has 0 saturated heterocycles. The lowest BCUT2D eigenvalue weighted by Gasteiger charge is -2.18. The predicted octanol–water partition coefficient (Wildman–Crippen LogP) is 3.78. The number of hydrogen-bond donors (Lipinski definition) is 0. The summed E-state index contributed by atoms with van der Waals surface area (Å²) in [7, 11) is 3.51. The van der Waals surface area contributed by atoms with E-state index in [0.717, 1.165) is 5.56 Å². The molecule has 0 aliphatic carbocycles. The van der Waals surface area contributed by atoms with Crippen molar-refractivity contribution in [2.45, 2.75) is 6.54 Å². The molecule has 1 aromatic carbocycles. The molecule has 6 nitrogen and oxygen atoms in total. The number of hydrogen-bond acceptors (Lipinski definition) is 4. The van der Waals surface area contributed by atoms with Crippen molar-refractivity contribution in [2.24, 2.45) is 7.05 Å². The van der Waals surface area contributed by atoms with E-state index in [1.54, 1.807) is 35.0 Å². The molecule has 2 aromatic heterocycles. The van der Waals surface area contributed by atoms with Crippen molar-refractivity contribution in [3.63, 3.8) is 0 Å². The van der Waals surface area contributed by atoms with Crippen molar-refractivity contribution < 1.29 is 13.9 Å². The number of rotatable bonds is 5. The van der Waals surface area contributed by atoms with E-state index < -0.39 is 5.82 Å². The van der Waals surface area contributed by atoms with Crippen molar-refractivity contribution in [1.82, 2.24) is 19.7 Å². The summed E-state index contributed by atoms with van der Waals surface area (Å²) in [5, 5.41) is 4.10. The normalized spacial score (nSPS) is 10.6. The van der Waals surface area contributed by atoms with E-state index in [-0.39, 0.29) is 11.8 Å². The highest BCUT2D eigenvalue weighted by atomic mass is 79.9. The van der Waals surface area contributed by atoms with Crippen LogP contribution in [0.25, 0.3) is 0 Å². The van der Waals surface area contributed by atoms with Crippen molar-refractivity contribution in [3.05, 3.63) is 70.3 Å². The van der Waals surface area contributed by atoms with Crippen LogP contribution in [0.1, 0.15) is 15.9 Å². The molecule has 0 fully saturated rings. The van der Waals surface area contributed by atoms with E-state index in [1.165, 1.54) is 24.4 Å². The summed E-state index contributed by atoms with van der Waals surface area (Å²) >= 11 is 3.24. The van der Waals surface area contributed by atoms with Gasteiger partial charge in [-0.3, -0.25) is 9.48 Å². The van der Waals surface area contributed by atoms with Crippen LogP contribution in [-0.4, -0.2) is 32.6 Å². The molecule has 3 rings (SSSR count). The van der Waals surface area contributed by atoms with E-state index in [1.807, 2.05) is 13.2 Å². The van der Waals surface area contributed by atoms with Crippen LogP contribution in [0.3, 0.4) is 0 Å². The minimum atomic E-state index is -0.391. The lowest BCUT2D eigenvalue weighted by molar-refractivity contribution is 0.0781. The zero-order valence-corrected chi connectivity index (χ0v) is 15.8. The zero-order chi connectivity index (χ0) is 18.7. The molecule has 2 heterocycles. The summed E-state index contributed by atoms with van der Waals surface area (Å²) in [6.07, 6.45) is 5.09. The van der Waals surface area contributed by atoms with Crippen LogP contribution in [0.4, 0.5) is 4.39 Å². The Labute approximate surface area is 158 Å². The van der Waals surface area contributed by atoms with Crippen LogP contribution >= 0.6 is 15.9 Å². The Morgan fingerprint density at radius 1 is 1.38 bits per heavy atom. The fourth-order valence-corrected chi connectivity index (χ4v) is 2.83. The number of halogens is 2. The summed E-state index contributed by atoms with van der Waals surface area (Å²) < 4.78 is 21.1. The number of aryl methyl sites for hydroxylation is 1. The molecule has 1 amide bonds. The van der Waals surface area contributed by atoms with E-state index in [9.17, 15) is 9.18 Å². The second kappa shape index (κ2) is 7.65.